The minimum absolute atomic E-state index is 0.262. The van der Waals surface area contributed by atoms with Crippen LogP contribution in [0.2, 0.25) is 0 Å². The van der Waals surface area contributed by atoms with Crippen LogP contribution in [0.25, 0.3) is 22.3 Å². The number of benzene rings is 1. The predicted octanol–water partition coefficient (Wildman–Crippen LogP) is 6.49. The third-order valence-corrected chi connectivity index (χ3v) is 8.19. The van der Waals surface area contributed by atoms with Crippen molar-refractivity contribution in [3.8, 4) is 11.4 Å². The van der Waals surface area contributed by atoms with Gasteiger partial charge in [-0.15, -0.1) is 6.58 Å². The molecule has 3 aromatic rings. The fourth-order valence-corrected chi connectivity index (χ4v) is 5.69. The lowest BCUT2D eigenvalue weighted by atomic mass is 10.1. The zero-order chi connectivity index (χ0) is 28.0. The van der Waals surface area contributed by atoms with Crippen molar-refractivity contribution in [3.63, 3.8) is 0 Å². The molecule has 0 bridgehead atoms. The molecule has 7 nitrogen and oxygen atoms in total. The minimum Gasteiger partial charge on any atom is -0.443 e. The fourth-order valence-electron chi connectivity index (χ4n) is 4.16. The normalized spacial score (nSPS) is 15.6. The Morgan fingerprint density at radius 3 is 2.42 bits per heavy atom. The van der Waals surface area contributed by atoms with Gasteiger partial charge in [-0.25, -0.2) is 17.8 Å². The molecule has 0 spiro atoms. The number of hydrogen-bond donors (Lipinski definition) is 0. The van der Waals surface area contributed by atoms with Gasteiger partial charge in [0.15, 0.2) is 0 Å². The lowest BCUT2D eigenvalue weighted by Gasteiger charge is -2.28. The predicted molar refractivity (Wildman–Crippen MR) is 138 cm³/mol. The average Bonchev–Trinajstić information content (AvgIpc) is 3.60. The molecule has 38 heavy (non-hydrogen) atoms. The minimum atomic E-state index is -4.77. The molecule has 11 heteroatoms. The first-order valence-corrected chi connectivity index (χ1v) is 13.6. The number of alkyl halides is 3. The number of ether oxygens (including phenoxy) is 1. The van der Waals surface area contributed by atoms with Crippen molar-refractivity contribution in [2.45, 2.75) is 69.2 Å². The van der Waals surface area contributed by atoms with E-state index in [-0.39, 0.29) is 5.69 Å². The van der Waals surface area contributed by atoms with Crippen molar-refractivity contribution in [1.82, 2.24) is 13.9 Å². The van der Waals surface area contributed by atoms with Crippen molar-refractivity contribution in [2.24, 2.45) is 0 Å². The van der Waals surface area contributed by atoms with Crippen LogP contribution in [0.15, 0.2) is 60.1 Å². The van der Waals surface area contributed by atoms with Gasteiger partial charge in [-0.1, -0.05) is 18.2 Å². The summed E-state index contributed by atoms with van der Waals surface area (Å²) in [6.45, 7) is 8.88. The average molecular weight is 550 g/mol. The lowest BCUT2D eigenvalue weighted by molar-refractivity contribution is -0.165. The Hall–Kier alpha value is -3.18. The highest BCUT2D eigenvalue weighted by molar-refractivity contribution is 7.89. The maximum Gasteiger partial charge on any atom is 0.419 e. The molecule has 1 aromatic carbocycles. The zero-order valence-corrected chi connectivity index (χ0v) is 22.4. The third-order valence-electron chi connectivity index (χ3n) is 6.27. The molecule has 0 N–H and O–H groups in total. The van der Waals surface area contributed by atoms with E-state index in [1.165, 1.54) is 16.7 Å². The molecule has 4 rings (SSSR count). The molecular formula is C27H30F3N3O4S. The summed E-state index contributed by atoms with van der Waals surface area (Å²) < 4.78 is 73.7. The van der Waals surface area contributed by atoms with E-state index >= 15 is 0 Å². The number of fused-ring (bicyclic) bond motifs is 1. The van der Waals surface area contributed by atoms with Crippen molar-refractivity contribution < 1.29 is 31.1 Å². The molecule has 0 radical (unpaired) electrons. The fraction of sp³-hybridized carbons (Fsp3) is 0.407. The molecule has 1 aliphatic rings. The quantitative estimate of drug-likeness (QED) is 0.315. The van der Waals surface area contributed by atoms with E-state index in [1.807, 2.05) is 18.2 Å². The van der Waals surface area contributed by atoms with E-state index < -0.39 is 45.4 Å². The summed E-state index contributed by atoms with van der Waals surface area (Å²) in [7, 11) is -4.55. The van der Waals surface area contributed by atoms with Crippen molar-refractivity contribution in [2.75, 3.05) is 6.54 Å². The van der Waals surface area contributed by atoms with Gasteiger partial charge in [0.1, 0.15) is 16.5 Å². The van der Waals surface area contributed by atoms with Crippen LogP contribution >= 0.6 is 0 Å². The van der Waals surface area contributed by atoms with Gasteiger partial charge in [-0.05, 0) is 76.3 Å². The number of halogens is 3. The van der Waals surface area contributed by atoms with Gasteiger partial charge in [0, 0.05) is 18.1 Å². The molecule has 0 unspecified atom stereocenters. The SMILES string of the molecule is C=CCN([C@@H](C)C(F)(F)F)S(=O)(=O)c1ccc(-c2cc3ccc(C4CC4)cc3n2C(=O)OC(C)(C)C)nc1. The second-order valence-corrected chi connectivity index (χ2v) is 12.3. The number of rotatable bonds is 7. The number of sulfonamides is 1. The molecule has 1 atom stereocenters. The van der Waals surface area contributed by atoms with Crippen LogP contribution in [0.1, 0.15) is 52.0 Å². The molecular weight excluding hydrogens is 519 g/mol. The van der Waals surface area contributed by atoms with Crippen LogP contribution in [-0.2, 0) is 14.8 Å². The first kappa shape index (κ1) is 27.8. The molecule has 0 saturated heterocycles. The van der Waals surface area contributed by atoms with Crippen LogP contribution in [0.4, 0.5) is 18.0 Å². The van der Waals surface area contributed by atoms with E-state index in [9.17, 15) is 26.4 Å². The van der Waals surface area contributed by atoms with Crippen LogP contribution in [0.3, 0.4) is 0 Å². The maximum absolute atomic E-state index is 13.4. The largest absolute Gasteiger partial charge is 0.443 e. The number of carbonyl (C=O) groups excluding carboxylic acids is 1. The highest BCUT2D eigenvalue weighted by Crippen LogP contribution is 2.42. The molecule has 0 aliphatic heterocycles. The van der Waals surface area contributed by atoms with Crippen molar-refractivity contribution >= 4 is 27.0 Å². The van der Waals surface area contributed by atoms with Crippen LogP contribution in [-0.4, -0.2) is 52.7 Å². The Bertz CT molecular complexity index is 1470. The molecule has 2 heterocycles. The Morgan fingerprint density at radius 2 is 1.89 bits per heavy atom. The molecule has 1 saturated carbocycles. The molecule has 2 aromatic heterocycles. The molecule has 0 amide bonds. The first-order valence-electron chi connectivity index (χ1n) is 12.2. The third kappa shape index (κ3) is 5.63. The smallest absolute Gasteiger partial charge is 0.419 e. The van der Waals surface area contributed by atoms with Crippen molar-refractivity contribution in [3.05, 3.63) is 60.8 Å². The van der Waals surface area contributed by atoms with Crippen molar-refractivity contribution in [1.29, 1.82) is 0 Å². The van der Waals surface area contributed by atoms with E-state index in [1.54, 1.807) is 26.8 Å². The number of hydrogen-bond acceptors (Lipinski definition) is 5. The van der Waals surface area contributed by atoms with Gasteiger partial charge in [0.2, 0.25) is 10.0 Å². The first-order chi connectivity index (χ1) is 17.6. The topological polar surface area (TPSA) is 81.5 Å². The van der Waals surface area contributed by atoms with Gasteiger partial charge in [-0.2, -0.15) is 17.5 Å². The molecule has 1 aliphatic carbocycles. The number of aromatic nitrogens is 2. The Labute approximate surface area is 220 Å². The summed E-state index contributed by atoms with van der Waals surface area (Å²) in [5.41, 5.74) is 1.61. The van der Waals surface area contributed by atoms with Crippen LogP contribution < -0.4 is 0 Å². The summed E-state index contributed by atoms with van der Waals surface area (Å²) in [5.74, 6) is 0.449. The summed E-state index contributed by atoms with van der Waals surface area (Å²) in [6.07, 6.45) is -1.13. The zero-order valence-electron chi connectivity index (χ0n) is 21.6. The maximum atomic E-state index is 13.4. The summed E-state index contributed by atoms with van der Waals surface area (Å²) in [4.78, 5) is 17.1. The second kappa shape index (κ2) is 9.85. The standard InChI is InChI=1S/C27H30F3N3O4S/c1-6-13-32(17(2)27(28,29)30)38(35,36)21-11-12-22(31-16-21)24-15-20-10-9-19(18-7-8-18)14-23(20)33(24)25(34)37-26(3,4)5/h6,9-12,14-18H,1,7-8,13H2,2-5H3/t17-/m0/s1. The Kier molecular flexibility index (Phi) is 7.22. The second-order valence-electron chi connectivity index (χ2n) is 10.4. The summed E-state index contributed by atoms with van der Waals surface area (Å²) >= 11 is 0. The Balaban J connectivity index is 1.78. The van der Waals surface area contributed by atoms with Gasteiger partial charge in [0.25, 0.3) is 0 Å². The summed E-state index contributed by atoms with van der Waals surface area (Å²) in [5, 5.41) is 0.768. The van der Waals surface area contributed by atoms with E-state index in [4.69, 9.17) is 4.74 Å². The van der Waals surface area contributed by atoms with E-state index in [0.717, 1.165) is 43.0 Å². The summed E-state index contributed by atoms with van der Waals surface area (Å²) in [6, 6.07) is 7.92. The van der Waals surface area contributed by atoms with E-state index in [2.05, 4.69) is 11.6 Å². The van der Waals surface area contributed by atoms with Gasteiger partial charge in [0.05, 0.1) is 16.9 Å². The molecule has 1 fully saturated rings. The van der Waals surface area contributed by atoms with Crippen LogP contribution in [0.5, 0.6) is 0 Å². The van der Waals surface area contributed by atoms with E-state index in [0.29, 0.717) is 21.4 Å². The highest BCUT2D eigenvalue weighted by Gasteiger charge is 2.45. The number of pyridine rings is 1. The van der Waals surface area contributed by atoms with Crippen LogP contribution in [0, 0.1) is 0 Å². The molecule has 204 valence electrons. The lowest BCUT2D eigenvalue weighted by Crippen LogP contribution is -2.46. The van der Waals surface area contributed by atoms with Gasteiger partial charge in [-0.3, -0.25) is 4.98 Å². The monoisotopic (exact) mass is 549 g/mol. The van der Waals surface area contributed by atoms with Gasteiger partial charge >= 0.3 is 12.3 Å². The highest BCUT2D eigenvalue weighted by atomic mass is 32.2. The van der Waals surface area contributed by atoms with Gasteiger partial charge < -0.3 is 4.74 Å². The number of carbonyl (C=O) groups is 1. The Morgan fingerprint density at radius 1 is 1.21 bits per heavy atom. The number of nitrogens with zero attached hydrogens (tertiary/aromatic N) is 3.